The third-order valence-corrected chi connectivity index (χ3v) is 1.27. The molecule has 0 N–H and O–H groups in total. The molecule has 0 aromatic rings. The number of rotatable bonds is 4. The van der Waals surface area contributed by atoms with Gasteiger partial charge in [-0.15, -0.1) is 0 Å². The second-order valence-electron chi connectivity index (χ2n) is 2.18. The van der Waals surface area contributed by atoms with Gasteiger partial charge in [0.1, 0.15) is 0 Å². The van der Waals surface area contributed by atoms with Gasteiger partial charge in [0, 0.05) is 6.42 Å². The van der Waals surface area contributed by atoms with E-state index >= 15 is 0 Å². The zero-order valence-corrected chi connectivity index (χ0v) is 6.66. The van der Waals surface area contributed by atoms with E-state index in [9.17, 15) is 9.59 Å². The van der Waals surface area contributed by atoms with Crippen molar-refractivity contribution in [3.05, 3.63) is 0 Å². The van der Waals surface area contributed by atoms with E-state index in [1.807, 2.05) is 0 Å². The SMILES string of the molecule is COC(=O)CCC(C)N=C=O. The Bertz CT molecular complexity index is 173. The minimum absolute atomic E-state index is 0.147. The second-order valence-corrected chi connectivity index (χ2v) is 2.18. The molecule has 0 amide bonds. The van der Waals surface area contributed by atoms with Crippen molar-refractivity contribution in [2.45, 2.75) is 25.8 Å². The molecule has 62 valence electrons. The van der Waals surface area contributed by atoms with Crippen LogP contribution in [0, 0.1) is 0 Å². The van der Waals surface area contributed by atoms with Crippen LogP contribution in [0.4, 0.5) is 0 Å². The molecule has 1 atom stereocenters. The van der Waals surface area contributed by atoms with Crippen LogP contribution >= 0.6 is 0 Å². The molecule has 0 saturated carbocycles. The lowest BCUT2D eigenvalue weighted by Gasteiger charge is -2.00. The smallest absolute Gasteiger partial charge is 0.305 e. The van der Waals surface area contributed by atoms with E-state index in [4.69, 9.17) is 0 Å². The number of carbonyl (C=O) groups is 1. The summed E-state index contributed by atoms with van der Waals surface area (Å²) in [5, 5.41) is 0. The van der Waals surface area contributed by atoms with Gasteiger partial charge in [-0.05, 0) is 13.3 Å². The van der Waals surface area contributed by atoms with E-state index in [1.165, 1.54) is 13.2 Å². The van der Waals surface area contributed by atoms with Crippen LogP contribution in [0.3, 0.4) is 0 Å². The third kappa shape index (κ3) is 5.30. The Kier molecular flexibility index (Phi) is 5.03. The molecule has 0 aromatic heterocycles. The number of hydrogen-bond donors (Lipinski definition) is 0. The predicted octanol–water partition coefficient (Wildman–Crippen LogP) is 0.664. The molecule has 0 aliphatic carbocycles. The Labute approximate surface area is 65.3 Å². The maximum absolute atomic E-state index is 10.6. The van der Waals surface area contributed by atoms with Crippen molar-refractivity contribution in [1.29, 1.82) is 0 Å². The number of aliphatic imine (C=N–C) groups is 1. The van der Waals surface area contributed by atoms with Crippen LogP contribution < -0.4 is 0 Å². The molecular formula is C7H11NO3. The molecular weight excluding hydrogens is 146 g/mol. The van der Waals surface area contributed by atoms with Crippen LogP contribution in [-0.4, -0.2) is 25.2 Å². The largest absolute Gasteiger partial charge is 0.469 e. The molecule has 0 heterocycles. The first-order valence-corrected chi connectivity index (χ1v) is 3.34. The summed E-state index contributed by atoms with van der Waals surface area (Å²) in [6.07, 6.45) is 2.26. The van der Waals surface area contributed by atoms with Crippen molar-refractivity contribution in [3.8, 4) is 0 Å². The molecule has 0 fully saturated rings. The van der Waals surface area contributed by atoms with Gasteiger partial charge < -0.3 is 4.74 Å². The van der Waals surface area contributed by atoms with Gasteiger partial charge in [0.15, 0.2) is 0 Å². The fourth-order valence-corrected chi connectivity index (χ4v) is 0.583. The van der Waals surface area contributed by atoms with Crippen LogP contribution in [0.25, 0.3) is 0 Å². The lowest BCUT2D eigenvalue weighted by atomic mass is 10.2. The van der Waals surface area contributed by atoms with Crippen molar-refractivity contribution >= 4 is 12.0 Å². The predicted molar refractivity (Wildman–Crippen MR) is 38.8 cm³/mol. The van der Waals surface area contributed by atoms with E-state index < -0.39 is 0 Å². The Hall–Kier alpha value is -1.15. The highest BCUT2D eigenvalue weighted by atomic mass is 16.5. The highest BCUT2D eigenvalue weighted by Gasteiger charge is 2.04. The standard InChI is InChI=1S/C7H11NO3/c1-6(8-5-9)3-4-7(10)11-2/h6H,3-4H2,1-2H3. The zero-order chi connectivity index (χ0) is 8.69. The molecule has 11 heavy (non-hydrogen) atoms. The maximum atomic E-state index is 10.6. The molecule has 0 radical (unpaired) electrons. The van der Waals surface area contributed by atoms with E-state index in [-0.39, 0.29) is 12.0 Å². The minimum atomic E-state index is -0.280. The van der Waals surface area contributed by atoms with Gasteiger partial charge in [-0.2, -0.15) is 0 Å². The number of esters is 1. The van der Waals surface area contributed by atoms with Crippen molar-refractivity contribution < 1.29 is 14.3 Å². The van der Waals surface area contributed by atoms with Crippen molar-refractivity contribution in [3.63, 3.8) is 0 Å². The molecule has 0 saturated heterocycles. The Morgan fingerprint density at radius 1 is 1.73 bits per heavy atom. The van der Waals surface area contributed by atoms with Crippen molar-refractivity contribution in [2.75, 3.05) is 7.11 Å². The lowest BCUT2D eigenvalue weighted by Crippen LogP contribution is -2.05. The van der Waals surface area contributed by atoms with E-state index in [1.54, 1.807) is 6.92 Å². The van der Waals surface area contributed by atoms with Gasteiger partial charge >= 0.3 is 5.97 Å². The van der Waals surface area contributed by atoms with Crippen LogP contribution in [0.1, 0.15) is 19.8 Å². The number of carbonyl (C=O) groups excluding carboxylic acids is 2. The van der Waals surface area contributed by atoms with E-state index in [2.05, 4.69) is 9.73 Å². The van der Waals surface area contributed by atoms with Gasteiger partial charge in [0.25, 0.3) is 0 Å². The van der Waals surface area contributed by atoms with Crippen LogP contribution in [0.5, 0.6) is 0 Å². The number of nitrogens with zero attached hydrogens (tertiary/aromatic N) is 1. The van der Waals surface area contributed by atoms with E-state index in [0.717, 1.165) is 0 Å². The second kappa shape index (κ2) is 5.62. The summed E-state index contributed by atoms with van der Waals surface area (Å²) in [4.78, 5) is 23.7. The number of ether oxygens (including phenoxy) is 1. The van der Waals surface area contributed by atoms with Crippen molar-refractivity contribution in [2.24, 2.45) is 4.99 Å². The molecule has 0 spiro atoms. The normalized spacial score (nSPS) is 11.5. The maximum Gasteiger partial charge on any atom is 0.305 e. The molecule has 0 aromatic carbocycles. The summed E-state index contributed by atoms with van der Waals surface area (Å²) in [5.74, 6) is -0.280. The summed E-state index contributed by atoms with van der Waals surface area (Å²) in [7, 11) is 1.33. The van der Waals surface area contributed by atoms with Gasteiger partial charge in [-0.25, -0.2) is 9.79 Å². The molecule has 0 bridgehead atoms. The minimum Gasteiger partial charge on any atom is -0.469 e. The highest BCUT2D eigenvalue weighted by Crippen LogP contribution is 2.00. The highest BCUT2D eigenvalue weighted by molar-refractivity contribution is 5.69. The van der Waals surface area contributed by atoms with Crippen LogP contribution in [0.2, 0.25) is 0 Å². The Morgan fingerprint density at radius 3 is 2.82 bits per heavy atom. The van der Waals surface area contributed by atoms with E-state index in [0.29, 0.717) is 12.8 Å². The molecule has 1 unspecified atom stereocenters. The summed E-state index contributed by atoms with van der Waals surface area (Å²) in [5.41, 5.74) is 0. The number of methoxy groups -OCH3 is 1. The third-order valence-electron chi connectivity index (χ3n) is 1.27. The summed E-state index contributed by atoms with van der Waals surface area (Å²) >= 11 is 0. The molecule has 4 heteroatoms. The van der Waals surface area contributed by atoms with Gasteiger partial charge in [-0.3, -0.25) is 4.79 Å². The zero-order valence-electron chi connectivity index (χ0n) is 6.66. The van der Waals surface area contributed by atoms with Crippen molar-refractivity contribution in [1.82, 2.24) is 0 Å². The van der Waals surface area contributed by atoms with Crippen LogP contribution in [-0.2, 0) is 14.3 Å². The first-order valence-electron chi connectivity index (χ1n) is 3.34. The fourth-order valence-electron chi connectivity index (χ4n) is 0.583. The number of hydrogen-bond acceptors (Lipinski definition) is 4. The summed E-state index contributed by atoms with van der Waals surface area (Å²) in [6.45, 7) is 1.74. The average molecular weight is 157 g/mol. The van der Waals surface area contributed by atoms with Gasteiger partial charge in [0.05, 0.1) is 13.2 Å². The molecule has 0 rings (SSSR count). The summed E-state index contributed by atoms with van der Waals surface area (Å²) < 4.78 is 4.40. The number of isocyanates is 1. The van der Waals surface area contributed by atoms with Gasteiger partial charge in [-0.1, -0.05) is 0 Å². The summed E-state index contributed by atoms with van der Waals surface area (Å²) in [6, 6.07) is -0.147. The first kappa shape index (κ1) is 9.85. The molecule has 0 aliphatic rings. The topological polar surface area (TPSA) is 55.7 Å². The monoisotopic (exact) mass is 157 g/mol. The van der Waals surface area contributed by atoms with Crippen LogP contribution in [0.15, 0.2) is 4.99 Å². The molecule has 4 nitrogen and oxygen atoms in total. The fraction of sp³-hybridized carbons (Fsp3) is 0.714. The first-order chi connectivity index (χ1) is 5.20. The lowest BCUT2D eigenvalue weighted by molar-refractivity contribution is -0.140. The Morgan fingerprint density at radius 2 is 2.36 bits per heavy atom. The van der Waals surface area contributed by atoms with Gasteiger partial charge in [0.2, 0.25) is 6.08 Å². The average Bonchev–Trinajstić information content (AvgIpc) is 2.01. The molecule has 0 aliphatic heterocycles. The quantitative estimate of drug-likeness (QED) is 0.342. The Balaban J connectivity index is 3.53.